The first-order valence-electron chi connectivity index (χ1n) is 9.59. The summed E-state index contributed by atoms with van der Waals surface area (Å²) in [6, 6.07) is 23.6. The Bertz CT molecular complexity index is 1020. The molecule has 0 unspecified atom stereocenters. The predicted octanol–water partition coefficient (Wildman–Crippen LogP) is 5.02. The van der Waals surface area contributed by atoms with E-state index in [4.69, 9.17) is 4.74 Å². The van der Waals surface area contributed by atoms with E-state index in [2.05, 4.69) is 4.99 Å². The van der Waals surface area contributed by atoms with Gasteiger partial charge in [0, 0.05) is 5.56 Å². The van der Waals surface area contributed by atoms with Crippen LogP contribution in [0.1, 0.15) is 25.0 Å². The van der Waals surface area contributed by atoms with E-state index in [9.17, 15) is 13.2 Å². The zero-order valence-corrected chi connectivity index (χ0v) is 17.5. The lowest BCUT2D eigenvalue weighted by molar-refractivity contribution is -0.137. The third-order valence-corrected chi connectivity index (χ3v) is 7.29. The lowest BCUT2D eigenvalue weighted by Crippen LogP contribution is -2.26. The fourth-order valence-corrected chi connectivity index (χ4v) is 5.80. The number of hydrogen-bond acceptors (Lipinski definition) is 2. The maximum atomic E-state index is 13.5. The Hall–Kier alpha value is -2.65. The Morgan fingerprint density at radius 1 is 0.867 bits per heavy atom. The second-order valence-electron chi connectivity index (χ2n) is 7.75. The number of alkyl halides is 3. The Kier molecular flexibility index (Phi) is 5.42. The SMILES string of the molecule is CC1(C)COC(c2cc(C(F)(F)F)ccc2P(c2ccccc2)c2ccccc2)=N1. The highest BCUT2D eigenvalue weighted by molar-refractivity contribution is 7.80. The normalized spacial score (nSPS) is 15.7. The van der Waals surface area contributed by atoms with E-state index >= 15 is 0 Å². The van der Waals surface area contributed by atoms with Gasteiger partial charge in [-0.2, -0.15) is 13.2 Å². The maximum absolute atomic E-state index is 13.5. The Labute approximate surface area is 175 Å². The summed E-state index contributed by atoms with van der Waals surface area (Å²) in [5.74, 6) is 0.278. The van der Waals surface area contributed by atoms with Crippen LogP contribution in [0.4, 0.5) is 13.2 Å². The Balaban J connectivity index is 1.95. The first kappa shape index (κ1) is 20.6. The smallest absolute Gasteiger partial charge is 0.416 e. The van der Waals surface area contributed by atoms with Gasteiger partial charge in [0.2, 0.25) is 5.90 Å². The van der Waals surface area contributed by atoms with Gasteiger partial charge >= 0.3 is 6.18 Å². The minimum Gasteiger partial charge on any atom is -0.475 e. The van der Waals surface area contributed by atoms with Crippen LogP contribution in [0, 0.1) is 0 Å². The van der Waals surface area contributed by atoms with Crippen molar-refractivity contribution in [2.75, 3.05) is 6.61 Å². The summed E-state index contributed by atoms with van der Waals surface area (Å²) in [6.07, 6.45) is -4.44. The van der Waals surface area contributed by atoms with Gasteiger partial charge in [0.05, 0.1) is 11.1 Å². The molecule has 154 valence electrons. The van der Waals surface area contributed by atoms with Gasteiger partial charge < -0.3 is 4.74 Å². The third kappa shape index (κ3) is 4.27. The Morgan fingerprint density at radius 3 is 1.90 bits per heavy atom. The van der Waals surface area contributed by atoms with Gasteiger partial charge in [-0.1, -0.05) is 66.7 Å². The molecule has 0 aromatic heterocycles. The number of hydrogen-bond donors (Lipinski definition) is 0. The second kappa shape index (κ2) is 7.88. The van der Waals surface area contributed by atoms with E-state index in [-0.39, 0.29) is 5.90 Å². The van der Waals surface area contributed by atoms with Gasteiger partial charge in [-0.25, -0.2) is 4.99 Å². The molecule has 3 aromatic rings. The van der Waals surface area contributed by atoms with Crippen molar-refractivity contribution in [1.82, 2.24) is 0 Å². The summed E-state index contributed by atoms with van der Waals surface area (Å²) >= 11 is 0. The van der Waals surface area contributed by atoms with Gasteiger partial charge in [-0.3, -0.25) is 0 Å². The molecule has 1 aliphatic heterocycles. The molecule has 2 nitrogen and oxygen atoms in total. The highest BCUT2D eigenvalue weighted by Crippen LogP contribution is 2.38. The molecule has 0 aliphatic carbocycles. The van der Waals surface area contributed by atoms with Crippen LogP contribution in [0.15, 0.2) is 83.9 Å². The molecule has 0 spiro atoms. The van der Waals surface area contributed by atoms with Gasteiger partial charge in [0.1, 0.15) is 6.61 Å². The number of rotatable bonds is 4. The van der Waals surface area contributed by atoms with Gasteiger partial charge in [-0.15, -0.1) is 0 Å². The van der Waals surface area contributed by atoms with Crippen LogP contribution in [0.3, 0.4) is 0 Å². The van der Waals surface area contributed by atoms with Crippen LogP contribution in [0.5, 0.6) is 0 Å². The van der Waals surface area contributed by atoms with Crippen molar-refractivity contribution in [3.05, 3.63) is 90.0 Å². The molecule has 0 atom stereocenters. The number of nitrogens with zero attached hydrogens (tertiary/aromatic N) is 1. The van der Waals surface area contributed by atoms with E-state index < -0.39 is 25.2 Å². The van der Waals surface area contributed by atoms with Crippen molar-refractivity contribution < 1.29 is 17.9 Å². The molecule has 0 radical (unpaired) electrons. The van der Waals surface area contributed by atoms with Crippen LogP contribution in [-0.4, -0.2) is 18.0 Å². The van der Waals surface area contributed by atoms with Crippen LogP contribution in [0.25, 0.3) is 0 Å². The number of aliphatic imine (C=N–C) groups is 1. The summed E-state index contributed by atoms with van der Waals surface area (Å²) < 4.78 is 46.3. The second-order valence-corrected chi connectivity index (χ2v) is 9.94. The molecule has 6 heteroatoms. The number of halogens is 3. The summed E-state index contributed by atoms with van der Waals surface area (Å²) in [5, 5.41) is 2.90. The molecule has 1 heterocycles. The average Bonchev–Trinajstić information content (AvgIpc) is 3.09. The van der Waals surface area contributed by atoms with Crippen molar-refractivity contribution in [3.63, 3.8) is 0 Å². The Morgan fingerprint density at radius 2 is 1.43 bits per heavy atom. The quantitative estimate of drug-likeness (QED) is 0.536. The molecule has 0 fully saturated rings. The first-order chi connectivity index (χ1) is 14.2. The van der Waals surface area contributed by atoms with E-state index in [1.54, 1.807) is 6.07 Å². The first-order valence-corrected chi connectivity index (χ1v) is 10.9. The van der Waals surface area contributed by atoms with Crippen LogP contribution in [-0.2, 0) is 10.9 Å². The molecule has 3 aromatic carbocycles. The average molecular weight is 427 g/mol. The van der Waals surface area contributed by atoms with E-state index in [1.165, 1.54) is 6.07 Å². The zero-order valence-electron chi connectivity index (χ0n) is 16.6. The summed E-state index contributed by atoms with van der Waals surface area (Å²) in [5.41, 5.74) is -0.758. The minimum absolute atomic E-state index is 0.278. The predicted molar refractivity (Wildman–Crippen MR) is 117 cm³/mol. The van der Waals surface area contributed by atoms with Crippen molar-refractivity contribution >= 4 is 29.7 Å². The van der Waals surface area contributed by atoms with Crippen molar-refractivity contribution in [2.24, 2.45) is 4.99 Å². The summed E-state index contributed by atoms with van der Waals surface area (Å²) in [4.78, 5) is 4.58. The minimum atomic E-state index is -4.44. The highest BCUT2D eigenvalue weighted by atomic mass is 31.1. The third-order valence-electron chi connectivity index (χ3n) is 4.79. The fourth-order valence-electron chi connectivity index (χ4n) is 3.38. The maximum Gasteiger partial charge on any atom is 0.416 e. The number of ether oxygens (including phenoxy) is 1. The lowest BCUT2D eigenvalue weighted by atomic mass is 10.1. The summed E-state index contributed by atoms with van der Waals surface area (Å²) in [6.45, 7) is 4.15. The van der Waals surface area contributed by atoms with Crippen molar-refractivity contribution in [2.45, 2.75) is 25.6 Å². The van der Waals surface area contributed by atoms with Crippen LogP contribution < -0.4 is 15.9 Å². The van der Waals surface area contributed by atoms with Crippen molar-refractivity contribution in [1.29, 1.82) is 0 Å². The number of benzene rings is 3. The van der Waals surface area contributed by atoms with Gasteiger partial charge in [-0.05, 0) is 49.8 Å². The van der Waals surface area contributed by atoms with Gasteiger partial charge in [0.25, 0.3) is 0 Å². The summed E-state index contributed by atoms with van der Waals surface area (Å²) in [7, 11) is -1.09. The molecular formula is C24H21F3NOP. The van der Waals surface area contributed by atoms with E-state index in [0.717, 1.165) is 22.0 Å². The molecule has 0 amide bonds. The zero-order chi connectivity index (χ0) is 21.4. The molecular weight excluding hydrogens is 406 g/mol. The molecule has 0 saturated carbocycles. The molecule has 0 N–H and O–H groups in total. The van der Waals surface area contributed by atoms with E-state index in [1.807, 2.05) is 74.5 Å². The standard InChI is InChI=1S/C24H21F3NOP/c1-23(2)16-29-22(28-23)20-15-17(24(25,26)27)13-14-21(20)30(18-9-5-3-6-10-18)19-11-7-4-8-12-19/h3-15H,16H2,1-2H3. The van der Waals surface area contributed by atoms with Crippen LogP contribution >= 0.6 is 7.92 Å². The highest BCUT2D eigenvalue weighted by Gasteiger charge is 2.35. The molecule has 30 heavy (non-hydrogen) atoms. The molecule has 0 saturated heterocycles. The molecule has 0 bridgehead atoms. The largest absolute Gasteiger partial charge is 0.475 e. The van der Waals surface area contributed by atoms with Crippen molar-refractivity contribution in [3.8, 4) is 0 Å². The lowest BCUT2D eigenvalue weighted by Gasteiger charge is -2.23. The van der Waals surface area contributed by atoms with E-state index in [0.29, 0.717) is 12.2 Å². The van der Waals surface area contributed by atoms with Crippen LogP contribution in [0.2, 0.25) is 0 Å². The topological polar surface area (TPSA) is 21.6 Å². The monoisotopic (exact) mass is 427 g/mol. The molecule has 4 rings (SSSR count). The fraction of sp³-hybridized carbons (Fsp3) is 0.208. The van der Waals surface area contributed by atoms with Gasteiger partial charge in [0.15, 0.2) is 0 Å². The molecule has 1 aliphatic rings.